The standard InChI is InChI=1S/C31H23Cl2NO2S2/c1-37-23-14-11-19(12-15-23)30(35)28(22-13-16-24(32)25(33)17-22)29(34-31(36)20-7-3-2-4-8-20)27-18-21-9-5-6-10-26(21)38-27/h2-18,28-29H,1H3,(H,34,36). The van der Waals surface area contributed by atoms with Gasteiger partial charge in [0.05, 0.1) is 22.0 Å². The Hall–Kier alpha value is -3.09. The summed E-state index contributed by atoms with van der Waals surface area (Å²) in [6.07, 6.45) is 1.99. The van der Waals surface area contributed by atoms with Gasteiger partial charge in [0.25, 0.3) is 5.91 Å². The number of carbonyl (C=O) groups excluding carboxylic acids is 2. The van der Waals surface area contributed by atoms with E-state index in [2.05, 4.69) is 5.32 Å². The molecule has 1 N–H and O–H groups in total. The highest BCUT2D eigenvalue weighted by Crippen LogP contribution is 2.41. The number of amides is 1. The molecule has 5 rings (SSSR count). The number of hydrogen-bond acceptors (Lipinski definition) is 4. The van der Waals surface area contributed by atoms with Crippen LogP contribution in [0.4, 0.5) is 0 Å². The minimum atomic E-state index is -0.745. The van der Waals surface area contributed by atoms with Crippen LogP contribution in [0.15, 0.2) is 108 Å². The summed E-state index contributed by atoms with van der Waals surface area (Å²) in [5.41, 5.74) is 1.75. The Morgan fingerprint density at radius 1 is 0.789 bits per heavy atom. The average Bonchev–Trinajstić information content (AvgIpc) is 3.39. The molecule has 1 heterocycles. The average molecular weight is 577 g/mol. The molecule has 0 aliphatic carbocycles. The zero-order chi connectivity index (χ0) is 26.6. The number of hydrogen-bond donors (Lipinski definition) is 1. The molecule has 190 valence electrons. The monoisotopic (exact) mass is 575 g/mol. The fraction of sp³-hybridized carbons (Fsp3) is 0.0968. The van der Waals surface area contributed by atoms with Crippen molar-refractivity contribution in [3.05, 3.63) is 135 Å². The maximum atomic E-state index is 14.3. The Morgan fingerprint density at radius 3 is 2.18 bits per heavy atom. The predicted octanol–water partition coefficient (Wildman–Crippen LogP) is 9.07. The van der Waals surface area contributed by atoms with Crippen LogP contribution < -0.4 is 5.32 Å². The molecule has 2 atom stereocenters. The van der Waals surface area contributed by atoms with Crippen LogP contribution in [0.5, 0.6) is 0 Å². The van der Waals surface area contributed by atoms with E-state index < -0.39 is 12.0 Å². The van der Waals surface area contributed by atoms with E-state index in [0.29, 0.717) is 26.7 Å². The Labute approximate surface area is 239 Å². The lowest BCUT2D eigenvalue weighted by molar-refractivity contribution is 0.0892. The highest BCUT2D eigenvalue weighted by atomic mass is 35.5. The van der Waals surface area contributed by atoms with Crippen molar-refractivity contribution >= 4 is 68.1 Å². The van der Waals surface area contributed by atoms with E-state index >= 15 is 0 Å². The molecule has 2 unspecified atom stereocenters. The predicted molar refractivity (Wildman–Crippen MR) is 160 cm³/mol. The lowest BCUT2D eigenvalue weighted by Gasteiger charge is -2.27. The minimum Gasteiger partial charge on any atom is -0.343 e. The summed E-state index contributed by atoms with van der Waals surface area (Å²) in [5.74, 6) is -1.12. The van der Waals surface area contributed by atoms with Crippen LogP contribution in [-0.2, 0) is 0 Å². The fourth-order valence-corrected chi connectivity index (χ4v) is 6.29. The highest BCUT2D eigenvalue weighted by molar-refractivity contribution is 7.98. The Balaban J connectivity index is 1.66. The maximum absolute atomic E-state index is 14.3. The van der Waals surface area contributed by atoms with Crippen LogP contribution in [0, 0.1) is 0 Å². The number of fused-ring (bicyclic) bond motifs is 1. The van der Waals surface area contributed by atoms with Gasteiger partial charge in [0.2, 0.25) is 0 Å². The third-order valence-electron chi connectivity index (χ3n) is 6.37. The van der Waals surface area contributed by atoms with E-state index in [-0.39, 0.29) is 11.7 Å². The molecule has 0 aliphatic heterocycles. The molecule has 1 amide bonds. The first kappa shape index (κ1) is 26.5. The molecule has 4 aromatic carbocycles. The lowest BCUT2D eigenvalue weighted by atomic mass is 9.83. The summed E-state index contributed by atoms with van der Waals surface area (Å²) in [6.45, 7) is 0. The maximum Gasteiger partial charge on any atom is 0.251 e. The fourth-order valence-electron chi connectivity index (χ4n) is 4.42. The molecule has 3 nitrogen and oxygen atoms in total. The third-order valence-corrected chi connectivity index (χ3v) is 9.05. The quantitative estimate of drug-likeness (QED) is 0.148. The number of carbonyl (C=O) groups is 2. The Bertz CT molecular complexity index is 1570. The molecule has 5 aromatic rings. The Morgan fingerprint density at radius 2 is 1.50 bits per heavy atom. The van der Waals surface area contributed by atoms with Gasteiger partial charge in [-0.3, -0.25) is 9.59 Å². The van der Waals surface area contributed by atoms with Crippen molar-refractivity contribution in [1.82, 2.24) is 5.32 Å². The third kappa shape index (κ3) is 5.67. The van der Waals surface area contributed by atoms with Gasteiger partial charge in [-0.15, -0.1) is 23.1 Å². The zero-order valence-electron chi connectivity index (χ0n) is 20.4. The Kier molecular flexibility index (Phi) is 8.20. The van der Waals surface area contributed by atoms with Gasteiger partial charge in [-0.25, -0.2) is 0 Å². The highest BCUT2D eigenvalue weighted by Gasteiger charge is 2.35. The molecule has 0 fully saturated rings. The molecule has 0 radical (unpaired) electrons. The summed E-state index contributed by atoms with van der Waals surface area (Å²) >= 11 is 15.8. The van der Waals surface area contributed by atoms with Crippen LogP contribution in [0.3, 0.4) is 0 Å². The molecule has 38 heavy (non-hydrogen) atoms. The molecule has 0 saturated heterocycles. The molecular weight excluding hydrogens is 553 g/mol. The number of halogens is 2. The molecular formula is C31H23Cl2NO2S2. The summed E-state index contributed by atoms with van der Waals surface area (Å²) in [5, 5.41) is 4.99. The van der Waals surface area contributed by atoms with E-state index in [0.717, 1.165) is 19.9 Å². The number of rotatable bonds is 8. The van der Waals surface area contributed by atoms with Crippen molar-refractivity contribution in [2.75, 3.05) is 6.26 Å². The van der Waals surface area contributed by atoms with Crippen LogP contribution >= 0.6 is 46.3 Å². The van der Waals surface area contributed by atoms with Gasteiger partial charge in [0.15, 0.2) is 5.78 Å². The van der Waals surface area contributed by atoms with Crippen LogP contribution in [0.25, 0.3) is 10.1 Å². The van der Waals surface area contributed by atoms with Crippen molar-refractivity contribution in [2.24, 2.45) is 0 Å². The van der Waals surface area contributed by atoms with E-state index in [1.807, 2.05) is 85.1 Å². The van der Waals surface area contributed by atoms with Crippen molar-refractivity contribution in [3.8, 4) is 0 Å². The number of ketones is 1. The van der Waals surface area contributed by atoms with E-state index in [1.54, 1.807) is 47.4 Å². The van der Waals surface area contributed by atoms with Gasteiger partial charge in [-0.05, 0) is 65.7 Å². The van der Waals surface area contributed by atoms with Gasteiger partial charge in [-0.2, -0.15) is 0 Å². The first-order valence-corrected chi connectivity index (χ1v) is 14.7. The largest absolute Gasteiger partial charge is 0.343 e. The second-order valence-electron chi connectivity index (χ2n) is 8.75. The van der Waals surface area contributed by atoms with E-state index in [1.165, 1.54) is 0 Å². The molecule has 0 bridgehead atoms. The van der Waals surface area contributed by atoms with Gasteiger partial charge >= 0.3 is 0 Å². The first-order chi connectivity index (χ1) is 18.4. The SMILES string of the molecule is CSc1ccc(C(=O)C(c2ccc(Cl)c(Cl)c2)C(NC(=O)c2ccccc2)c2cc3ccccc3s2)cc1. The first-order valence-electron chi connectivity index (χ1n) is 11.9. The number of nitrogens with one attached hydrogen (secondary N) is 1. The van der Waals surface area contributed by atoms with Crippen LogP contribution in [-0.4, -0.2) is 17.9 Å². The van der Waals surface area contributed by atoms with E-state index in [4.69, 9.17) is 23.2 Å². The number of benzene rings is 4. The summed E-state index contributed by atoms with van der Waals surface area (Å²) in [6, 6.07) is 31.2. The molecule has 0 spiro atoms. The molecule has 1 aromatic heterocycles. The lowest BCUT2D eigenvalue weighted by Crippen LogP contribution is -2.35. The van der Waals surface area contributed by atoms with Crippen molar-refractivity contribution in [3.63, 3.8) is 0 Å². The summed E-state index contributed by atoms with van der Waals surface area (Å²) in [4.78, 5) is 29.7. The van der Waals surface area contributed by atoms with Gasteiger partial charge in [-0.1, -0.05) is 77.8 Å². The van der Waals surface area contributed by atoms with Crippen LogP contribution in [0.1, 0.15) is 43.1 Å². The number of thiophene rings is 1. The van der Waals surface area contributed by atoms with Crippen molar-refractivity contribution in [1.29, 1.82) is 0 Å². The van der Waals surface area contributed by atoms with Gasteiger partial charge < -0.3 is 5.32 Å². The minimum absolute atomic E-state index is 0.119. The smallest absolute Gasteiger partial charge is 0.251 e. The molecule has 0 saturated carbocycles. The number of Topliss-reactive ketones (excluding diaryl/α,β-unsaturated/α-hetero) is 1. The van der Waals surface area contributed by atoms with E-state index in [9.17, 15) is 9.59 Å². The summed E-state index contributed by atoms with van der Waals surface area (Å²) < 4.78 is 1.08. The normalized spacial score (nSPS) is 12.7. The molecule has 7 heteroatoms. The van der Waals surface area contributed by atoms with Gasteiger partial charge in [0, 0.05) is 25.6 Å². The van der Waals surface area contributed by atoms with Gasteiger partial charge in [0.1, 0.15) is 0 Å². The molecule has 0 aliphatic rings. The van der Waals surface area contributed by atoms with Crippen LogP contribution in [0.2, 0.25) is 10.0 Å². The van der Waals surface area contributed by atoms with Crippen molar-refractivity contribution in [2.45, 2.75) is 16.9 Å². The topological polar surface area (TPSA) is 46.2 Å². The number of thioether (sulfide) groups is 1. The second kappa shape index (κ2) is 11.7. The van der Waals surface area contributed by atoms with Crippen molar-refractivity contribution < 1.29 is 9.59 Å². The zero-order valence-corrected chi connectivity index (χ0v) is 23.5. The second-order valence-corrected chi connectivity index (χ2v) is 11.6. The summed E-state index contributed by atoms with van der Waals surface area (Å²) in [7, 11) is 0.